The molecule has 0 rings (SSSR count). The number of rotatable bonds is 5. The van der Waals surface area contributed by atoms with E-state index in [4.69, 9.17) is 0 Å². The van der Waals surface area contributed by atoms with E-state index in [2.05, 4.69) is 34.6 Å². The molecule has 0 fully saturated rings. The van der Waals surface area contributed by atoms with Crippen LogP contribution in [0.1, 0.15) is 53.9 Å². The molecule has 0 nitrogen and oxygen atoms in total. The summed E-state index contributed by atoms with van der Waals surface area (Å²) in [6.07, 6.45) is 4.16. The lowest BCUT2D eigenvalue weighted by atomic mass is 9.89. The molecule has 0 aromatic rings. The zero-order valence-corrected chi connectivity index (χ0v) is 8.85. The van der Waals surface area contributed by atoms with Gasteiger partial charge < -0.3 is 0 Å². The fourth-order valence-corrected chi connectivity index (χ4v) is 1.08. The molecule has 0 heteroatoms. The predicted molar refractivity (Wildman–Crippen MR) is 52.7 cm³/mol. The highest BCUT2D eigenvalue weighted by molar-refractivity contribution is 4.59. The second kappa shape index (κ2) is 5.62. The van der Waals surface area contributed by atoms with E-state index in [9.17, 15) is 0 Å². The fraction of sp³-hybridized carbons (Fsp3) is 1.00. The van der Waals surface area contributed by atoms with E-state index >= 15 is 0 Å². The Morgan fingerprint density at radius 1 is 0.909 bits per heavy atom. The van der Waals surface area contributed by atoms with Crippen molar-refractivity contribution >= 4 is 0 Å². The van der Waals surface area contributed by atoms with Gasteiger partial charge in [0.25, 0.3) is 0 Å². The minimum absolute atomic E-state index is 0.860. The quantitative estimate of drug-likeness (QED) is 0.562. The summed E-state index contributed by atoms with van der Waals surface area (Å²) in [5.41, 5.74) is 0. The molecular weight excluding hydrogens is 132 g/mol. The van der Waals surface area contributed by atoms with Crippen LogP contribution in [0.5, 0.6) is 0 Å². The van der Waals surface area contributed by atoms with Gasteiger partial charge in [-0.05, 0) is 17.8 Å². The summed E-state index contributed by atoms with van der Waals surface area (Å²) in [5, 5.41) is 0. The van der Waals surface area contributed by atoms with Crippen molar-refractivity contribution in [2.75, 3.05) is 0 Å². The average molecular weight is 156 g/mol. The maximum Gasteiger partial charge on any atom is -0.0420 e. The molecule has 2 atom stereocenters. The monoisotopic (exact) mass is 156 g/mol. The highest BCUT2D eigenvalue weighted by Crippen LogP contribution is 2.20. The summed E-state index contributed by atoms with van der Waals surface area (Å²) in [4.78, 5) is 0. The lowest BCUT2D eigenvalue weighted by Gasteiger charge is -2.17. The Morgan fingerprint density at radius 2 is 1.45 bits per heavy atom. The molecule has 0 saturated heterocycles. The van der Waals surface area contributed by atoms with E-state index in [1.807, 2.05) is 0 Å². The molecule has 0 saturated carbocycles. The van der Waals surface area contributed by atoms with E-state index < -0.39 is 0 Å². The van der Waals surface area contributed by atoms with Crippen LogP contribution in [0.4, 0.5) is 0 Å². The Kier molecular flexibility index (Phi) is 5.62. The van der Waals surface area contributed by atoms with E-state index in [0.717, 1.165) is 17.8 Å². The summed E-state index contributed by atoms with van der Waals surface area (Å²) < 4.78 is 0. The minimum atomic E-state index is 0.860. The van der Waals surface area contributed by atoms with Crippen LogP contribution in [0.25, 0.3) is 0 Å². The highest BCUT2D eigenvalue weighted by atomic mass is 14.1. The van der Waals surface area contributed by atoms with Gasteiger partial charge in [-0.15, -0.1) is 0 Å². The zero-order valence-electron chi connectivity index (χ0n) is 8.85. The van der Waals surface area contributed by atoms with Crippen LogP contribution in [-0.4, -0.2) is 0 Å². The van der Waals surface area contributed by atoms with Gasteiger partial charge in [0.15, 0.2) is 0 Å². The molecule has 0 aromatic carbocycles. The van der Waals surface area contributed by atoms with Crippen LogP contribution < -0.4 is 0 Å². The van der Waals surface area contributed by atoms with E-state index in [0.29, 0.717) is 0 Å². The molecule has 0 spiro atoms. The third-order valence-corrected chi connectivity index (χ3v) is 2.95. The lowest BCUT2D eigenvalue weighted by molar-refractivity contribution is 0.347. The molecule has 11 heavy (non-hydrogen) atoms. The van der Waals surface area contributed by atoms with Crippen molar-refractivity contribution < 1.29 is 0 Å². The third kappa shape index (κ3) is 5.29. The van der Waals surface area contributed by atoms with Gasteiger partial charge in [-0.25, -0.2) is 0 Å². The molecule has 0 aliphatic heterocycles. The summed E-state index contributed by atoms with van der Waals surface area (Å²) in [6, 6.07) is 0. The first-order valence-corrected chi connectivity index (χ1v) is 5.07. The lowest BCUT2D eigenvalue weighted by Crippen LogP contribution is -2.05. The molecule has 1 unspecified atom stereocenters. The second-order valence-electron chi connectivity index (χ2n) is 4.31. The van der Waals surface area contributed by atoms with E-state index in [1.54, 1.807) is 0 Å². The van der Waals surface area contributed by atoms with Gasteiger partial charge in [0, 0.05) is 0 Å². The summed E-state index contributed by atoms with van der Waals surface area (Å²) in [7, 11) is 0. The standard InChI is InChI=1S/C11H24/c1-6-10(4)7-8-11(5)9(2)3/h9-11H,6-8H2,1-5H3/t10-,11?/m1/s1. The van der Waals surface area contributed by atoms with Crippen LogP contribution in [-0.2, 0) is 0 Å². The largest absolute Gasteiger partial charge is 0.0651 e. The molecule has 0 heterocycles. The van der Waals surface area contributed by atoms with Gasteiger partial charge in [0.05, 0.1) is 0 Å². The van der Waals surface area contributed by atoms with Crippen LogP contribution in [0.2, 0.25) is 0 Å². The van der Waals surface area contributed by atoms with Gasteiger partial charge in [0.1, 0.15) is 0 Å². The highest BCUT2D eigenvalue weighted by Gasteiger charge is 2.08. The van der Waals surface area contributed by atoms with Crippen molar-refractivity contribution in [1.82, 2.24) is 0 Å². The first-order valence-electron chi connectivity index (χ1n) is 5.07. The molecule has 0 N–H and O–H groups in total. The van der Waals surface area contributed by atoms with Crippen molar-refractivity contribution in [3.8, 4) is 0 Å². The van der Waals surface area contributed by atoms with Crippen molar-refractivity contribution in [1.29, 1.82) is 0 Å². The number of hydrogen-bond donors (Lipinski definition) is 0. The van der Waals surface area contributed by atoms with Gasteiger partial charge >= 0.3 is 0 Å². The molecule has 0 aliphatic rings. The summed E-state index contributed by atoms with van der Waals surface area (Å²) in [5.74, 6) is 2.69. The topological polar surface area (TPSA) is 0 Å². The van der Waals surface area contributed by atoms with Gasteiger partial charge in [-0.3, -0.25) is 0 Å². The smallest absolute Gasteiger partial charge is 0.0420 e. The molecule has 68 valence electrons. The van der Waals surface area contributed by atoms with Gasteiger partial charge in [-0.1, -0.05) is 53.9 Å². The first-order chi connectivity index (χ1) is 5.07. The van der Waals surface area contributed by atoms with Crippen LogP contribution in [0.15, 0.2) is 0 Å². The van der Waals surface area contributed by atoms with Crippen LogP contribution in [0.3, 0.4) is 0 Å². The zero-order chi connectivity index (χ0) is 8.85. The molecule has 0 radical (unpaired) electrons. The van der Waals surface area contributed by atoms with Crippen LogP contribution >= 0.6 is 0 Å². The second-order valence-corrected chi connectivity index (χ2v) is 4.31. The first kappa shape index (κ1) is 11.0. The Bertz CT molecular complexity index is 84.0. The van der Waals surface area contributed by atoms with Gasteiger partial charge in [-0.2, -0.15) is 0 Å². The van der Waals surface area contributed by atoms with Crippen molar-refractivity contribution in [3.63, 3.8) is 0 Å². The summed E-state index contributed by atoms with van der Waals surface area (Å²) >= 11 is 0. The van der Waals surface area contributed by atoms with Crippen molar-refractivity contribution in [2.24, 2.45) is 17.8 Å². The normalized spacial score (nSPS) is 16.9. The van der Waals surface area contributed by atoms with E-state index in [-0.39, 0.29) is 0 Å². The fourth-order valence-electron chi connectivity index (χ4n) is 1.08. The van der Waals surface area contributed by atoms with Gasteiger partial charge in [0.2, 0.25) is 0 Å². The van der Waals surface area contributed by atoms with Crippen LogP contribution in [0, 0.1) is 17.8 Å². The summed E-state index contributed by atoms with van der Waals surface area (Å²) in [6.45, 7) is 11.6. The maximum atomic E-state index is 2.37. The molecule has 0 amide bonds. The maximum absolute atomic E-state index is 2.37. The molecular formula is C11H24. The SMILES string of the molecule is CC[C@@H](C)CCC(C)C(C)C. The van der Waals surface area contributed by atoms with E-state index in [1.165, 1.54) is 19.3 Å². The Hall–Kier alpha value is 0. The average Bonchev–Trinajstić information content (AvgIpc) is 1.99. The molecule has 0 aliphatic carbocycles. The Balaban J connectivity index is 3.37. The Morgan fingerprint density at radius 3 is 1.82 bits per heavy atom. The third-order valence-electron chi connectivity index (χ3n) is 2.95. The molecule has 0 aromatic heterocycles. The molecule has 0 bridgehead atoms. The van der Waals surface area contributed by atoms with Crippen molar-refractivity contribution in [3.05, 3.63) is 0 Å². The van der Waals surface area contributed by atoms with Crippen molar-refractivity contribution in [2.45, 2.75) is 53.9 Å². The minimum Gasteiger partial charge on any atom is -0.0651 e. The predicted octanol–water partition coefficient (Wildman–Crippen LogP) is 4.10. The number of hydrogen-bond acceptors (Lipinski definition) is 0. The Labute approximate surface area is 72.4 Å².